The summed E-state index contributed by atoms with van der Waals surface area (Å²) >= 11 is 0. The summed E-state index contributed by atoms with van der Waals surface area (Å²) in [7, 11) is 0. The average molecular weight is 391 g/mol. The maximum atomic E-state index is 12.8. The van der Waals surface area contributed by atoms with Gasteiger partial charge in [0.1, 0.15) is 6.61 Å². The Bertz CT molecular complexity index is 726. The van der Waals surface area contributed by atoms with Gasteiger partial charge in [-0.1, -0.05) is 49.4 Å². The molecule has 146 valence electrons. The van der Waals surface area contributed by atoms with Crippen LogP contribution in [0.25, 0.3) is 0 Å². The van der Waals surface area contributed by atoms with Gasteiger partial charge in [-0.25, -0.2) is 0 Å². The molecule has 0 radical (unpaired) electrons. The van der Waals surface area contributed by atoms with Crippen molar-refractivity contribution in [2.24, 2.45) is 5.73 Å². The Morgan fingerprint density at radius 3 is 2.52 bits per heavy atom. The number of nitrogens with two attached hydrogens (primary N) is 1. The number of hydrogen-bond donors (Lipinski definition) is 1. The van der Waals surface area contributed by atoms with E-state index in [1.165, 1.54) is 0 Å². The molecule has 1 heterocycles. The molecule has 3 rings (SSSR count). The average Bonchev–Trinajstić information content (AvgIpc) is 2.68. The second kappa shape index (κ2) is 10.2. The first-order valence-electron chi connectivity index (χ1n) is 9.14. The van der Waals surface area contributed by atoms with Crippen LogP contribution in [0.5, 0.6) is 11.5 Å². The van der Waals surface area contributed by atoms with E-state index in [0.29, 0.717) is 19.7 Å². The van der Waals surface area contributed by atoms with Gasteiger partial charge >= 0.3 is 0 Å². The summed E-state index contributed by atoms with van der Waals surface area (Å²) in [5.41, 5.74) is 7.20. The summed E-state index contributed by atoms with van der Waals surface area (Å²) in [6.45, 7) is 3.69. The van der Waals surface area contributed by atoms with Crippen LogP contribution in [0.15, 0.2) is 54.6 Å². The van der Waals surface area contributed by atoms with Crippen LogP contribution in [-0.4, -0.2) is 36.6 Å². The van der Waals surface area contributed by atoms with Gasteiger partial charge in [-0.2, -0.15) is 0 Å². The van der Waals surface area contributed by atoms with Gasteiger partial charge in [-0.3, -0.25) is 4.79 Å². The molecule has 5 nitrogen and oxygen atoms in total. The summed E-state index contributed by atoms with van der Waals surface area (Å²) in [4.78, 5) is 14.6. The van der Waals surface area contributed by atoms with E-state index in [4.69, 9.17) is 15.2 Å². The van der Waals surface area contributed by atoms with Crippen molar-refractivity contribution < 1.29 is 14.3 Å². The molecule has 0 spiro atoms. The van der Waals surface area contributed by atoms with Gasteiger partial charge in [0, 0.05) is 19.0 Å². The zero-order chi connectivity index (χ0) is 18.4. The predicted octanol–water partition coefficient (Wildman–Crippen LogP) is 3.58. The summed E-state index contributed by atoms with van der Waals surface area (Å²) in [6, 6.07) is 17.0. The van der Waals surface area contributed by atoms with Crippen molar-refractivity contribution in [2.45, 2.75) is 31.9 Å². The highest BCUT2D eigenvalue weighted by Crippen LogP contribution is 2.31. The van der Waals surface area contributed by atoms with Crippen LogP contribution in [-0.2, 0) is 4.79 Å². The van der Waals surface area contributed by atoms with E-state index in [0.717, 1.165) is 23.5 Å². The van der Waals surface area contributed by atoms with Crippen LogP contribution >= 0.6 is 12.4 Å². The third kappa shape index (κ3) is 5.62. The number of benzene rings is 2. The minimum atomic E-state index is -0.299. The first-order chi connectivity index (χ1) is 12.7. The summed E-state index contributed by atoms with van der Waals surface area (Å²) < 4.78 is 11.8. The number of rotatable bonds is 7. The molecule has 6 heteroatoms. The summed E-state index contributed by atoms with van der Waals surface area (Å²) in [6.07, 6.45) is 0.998. The maximum absolute atomic E-state index is 12.8. The Balaban J connectivity index is 0.00000261. The molecule has 2 aromatic rings. The molecule has 0 bridgehead atoms. The smallest absolute Gasteiger partial charge is 0.224 e. The third-order valence-electron chi connectivity index (χ3n) is 4.46. The van der Waals surface area contributed by atoms with Crippen molar-refractivity contribution in [1.29, 1.82) is 0 Å². The number of para-hydroxylation sites is 2. The lowest BCUT2D eigenvalue weighted by Gasteiger charge is -2.31. The molecule has 0 saturated carbocycles. The van der Waals surface area contributed by atoms with Crippen LogP contribution in [0, 0.1) is 0 Å². The fourth-order valence-electron chi connectivity index (χ4n) is 3.12. The largest absolute Gasteiger partial charge is 0.486 e. The third-order valence-corrected chi connectivity index (χ3v) is 4.46. The maximum Gasteiger partial charge on any atom is 0.224 e. The number of nitrogens with zero attached hydrogens (tertiary/aromatic N) is 1. The molecule has 2 N–H and O–H groups in total. The Kier molecular flexibility index (Phi) is 7.95. The second-order valence-electron chi connectivity index (χ2n) is 6.56. The number of amides is 1. The van der Waals surface area contributed by atoms with Gasteiger partial charge in [0.2, 0.25) is 5.91 Å². The van der Waals surface area contributed by atoms with E-state index < -0.39 is 0 Å². The Morgan fingerprint density at radius 2 is 1.81 bits per heavy atom. The molecule has 1 amide bonds. The molecule has 0 saturated heterocycles. The van der Waals surface area contributed by atoms with Crippen LogP contribution < -0.4 is 15.2 Å². The highest BCUT2D eigenvalue weighted by Gasteiger charge is 2.26. The molecule has 27 heavy (non-hydrogen) atoms. The Hall–Kier alpha value is -2.24. The number of halogens is 1. The number of fused-ring (bicyclic) bond motifs is 1. The molecule has 0 fully saturated rings. The van der Waals surface area contributed by atoms with Crippen molar-refractivity contribution in [3.8, 4) is 11.5 Å². The number of carbonyl (C=O) groups excluding carboxylic acids is 1. The van der Waals surface area contributed by atoms with E-state index >= 15 is 0 Å². The molecule has 2 atom stereocenters. The zero-order valence-electron chi connectivity index (χ0n) is 15.5. The fourth-order valence-corrected chi connectivity index (χ4v) is 3.12. The lowest BCUT2D eigenvalue weighted by atomic mass is 10.0. The van der Waals surface area contributed by atoms with Crippen LogP contribution in [0.1, 0.15) is 31.4 Å². The monoisotopic (exact) mass is 390 g/mol. The van der Waals surface area contributed by atoms with Gasteiger partial charge in [0.05, 0.1) is 6.54 Å². The second-order valence-corrected chi connectivity index (χ2v) is 6.56. The molecule has 0 aliphatic carbocycles. The van der Waals surface area contributed by atoms with E-state index in [-0.39, 0.29) is 36.9 Å². The normalized spacial score (nSPS) is 16.1. The van der Waals surface area contributed by atoms with Gasteiger partial charge in [0.25, 0.3) is 0 Å². The van der Waals surface area contributed by atoms with E-state index in [2.05, 4.69) is 6.92 Å². The molecular weight excluding hydrogens is 364 g/mol. The van der Waals surface area contributed by atoms with Crippen LogP contribution in [0.4, 0.5) is 0 Å². The molecule has 1 aliphatic rings. The SMILES string of the molecule is CCCN(CC1COc2ccccc2O1)C(=O)CC(N)c1ccccc1.Cl. The highest BCUT2D eigenvalue weighted by atomic mass is 35.5. The molecule has 1 aliphatic heterocycles. The topological polar surface area (TPSA) is 64.8 Å². The summed E-state index contributed by atoms with van der Waals surface area (Å²) in [5.74, 6) is 1.53. The Labute approximate surface area is 166 Å². The minimum Gasteiger partial charge on any atom is -0.486 e. The number of carbonyl (C=O) groups is 1. The highest BCUT2D eigenvalue weighted by molar-refractivity contribution is 5.85. The molecule has 0 aromatic heterocycles. The lowest BCUT2D eigenvalue weighted by Crippen LogP contribution is -2.44. The first-order valence-corrected chi connectivity index (χ1v) is 9.14. The molecule has 2 unspecified atom stereocenters. The number of ether oxygens (including phenoxy) is 2. The van der Waals surface area contributed by atoms with Gasteiger partial charge in [0.15, 0.2) is 17.6 Å². The standard InChI is InChI=1S/C21H26N2O3.ClH/c1-2-12-23(21(24)13-18(22)16-8-4-3-5-9-16)14-17-15-25-19-10-6-7-11-20(19)26-17;/h3-11,17-18H,2,12-15,22H2,1H3;1H. The van der Waals surface area contributed by atoms with Crippen molar-refractivity contribution in [3.05, 3.63) is 60.2 Å². The van der Waals surface area contributed by atoms with Crippen molar-refractivity contribution >= 4 is 18.3 Å². The van der Waals surface area contributed by atoms with Gasteiger partial charge in [-0.05, 0) is 24.1 Å². The van der Waals surface area contributed by atoms with Crippen LogP contribution in [0.3, 0.4) is 0 Å². The Morgan fingerprint density at radius 1 is 1.15 bits per heavy atom. The van der Waals surface area contributed by atoms with E-state index in [1.807, 2.05) is 59.5 Å². The lowest BCUT2D eigenvalue weighted by molar-refractivity contribution is -0.133. The quantitative estimate of drug-likeness (QED) is 0.784. The fraction of sp³-hybridized carbons (Fsp3) is 0.381. The minimum absolute atomic E-state index is 0. The van der Waals surface area contributed by atoms with Crippen molar-refractivity contribution in [1.82, 2.24) is 4.90 Å². The van der Waals surface area contributed by atoms with Gasteiger partial charge in [-0.15, -0.1) is 12.4 Å². The predicted molar refractivity (Wildman–Crippen MR) is 108 cm³/mol. The summed E-state index contributed by atoms with van der Waals surface area (Å²) in [5, 5.41) is 0. The zero-order valence-corrected chi connectivity index (χ0v) is 16.4. The van der Waals surface area contributed by atoms with Crippen molar-refractivity contribution in [3.63, 3.8) is 0 Å². The number of hydrogen-bond acceptors (Lipinski definition) is 4. The van der Waals surface area contributed by atoms with Crippen LogP contribution in [0.2, 0.25) is 0 Å². The van der Waals surface area contributed by atoms with E-state index in [1.54, 1.807) is 0 Å². The van der Waals surface area contributed by atoms with Gasteiger partial charge < -0.3 is 20.1 Å². The van der Waals surface area contributed by atoms with E-state index in [9.17, 15) is 4.79 Å². The first kappa shape index (κ1) is 21.1. The van der Waals surface area contributed by atoms with Crippen molar-refractivity contribution in [2.75, 3.05) is 19.7 Å². The molecule has 2 aromatic carbocycles. The molecular formula is C21H27ClN2O3.